The van der Waals surface area contributed by atoms with Crippen LogP contribution in [0.15, 0.2) is 24.3 Å². The van der Waals surface area contributed by atoms with Crippen LogP contribution >= 0.6 is 0 Å². The molecule has 0 bridgehead atoms. The number of carbonyl (C=O) groups excluding carboxylic acids is 2. The summed E-state index contributed by atoms with van der Waals surface area (Å²) in [6.45, 7) is 3.99. The van der Waals surface area contributed by atoms with Gasteiger partial charge in [-0.1, -0.05) is 25.1 Å². The molecule has 118 valence electrons. The lowest BCUT2D eigenvalue weighted by atomic mass is 10.1. The molecule has 1 fully saturated rings. The van der Waals surface area contributed by atoms with Crippen molar-refractivity contribution in [1.29, 1.82) is 0 Å². The normalized spacial score (nSPS) is 20.7. The van der Waals surface area contributed by atoms with Crippen LogP contribution in [0.5, 0.6) is 0 Å². The fraction of sp³-hybridized carbons (Fsp3) is 0.529. The summed E-state index contributed by atoms with van der Waals surface area (Å²) in [6, 6.07) is 8.25. The minimum Gasteiger partial charge on any atom is -0.352 e. The second kappa shape index (κ2) is 6.38. The van der Waals surface area contributed by atoms with Crippen LogP contribution in [-0.4, -0.2) is 42.5 Å². The minimum atomic E-state index is 0.0609. The van der Waals surface area contributed by atoms with E-state index in [2.05, 4.69) is 11.4 Å². The van der Waals surface area contributed by atoms with E-state index in [4.69, 9.17) is 0 Å². The number of amides is 3. The van der Waals surface area contributed by atoms with E-state index in [0.29, 0.717) is 13.0 Å². The van der Waals surface area contributed by atoms with Gasteiger partial charge in [0, 0.05) is 37.8 Å². The number of benzene rings is 1. The third-order valence-corrected chi connectivity index (χ3v) is 4.50. The second-order valence-corrected chi connectivity index (χ2v) is 6.02. The highest BCUT2D eigenvalue weighted by Crippen LogP contribution is 2.29. The molecule has 0 spiro atoms. The Morgan fingerprint density at radius 1 is 1.27 bits per heavy atom. The summed E-state index contributed by atoms with van der Waals surface area (Å²) >= 11 is 0. The maximum Gasteiger partial charge on any atom is 0.324 e. The number of hydrogen-bond donors (Lipinski definition) is 1. The van der Waals surface area contributed by atoms with Gasteiger partial charge in [-0.15, -0.1) is 0 Å². The third-order valence-electron chi connectivity index (χ3n) is 4.50. The van der Waals surface area contributed by atoms with Crippen molar-refractivity contribution in [1.82, 2.24) is 10.2 Å². The van der Waals surface area contributed by atoms with Crippen molar-refractivity contribution < 1.29 is 9.59 Å². The molecule has 1 atom stereocenters. The Hall–Kier alpha value is -2.04. The molecule has 5 heteroatoms. The van der Waals surface area contributed by atoms with Gasteiger partial charge >= 0.3 is 6.03 Å². The minimum absolute atomic E-state index is 0.0609. The van der Waals surface area contributed by atoms with Crippen molar-refractivity contribution >= 4 is 17.6 Å². The number of nitrogens with one attached hydrogen (secondary N) is 1. The van der Waals surface area contributed by atoms with E-state index in [0.717, 1.165) is 38.0 Å². The van der Waals surface area contributed by atoms with Gasteiger partial charge in [0.25, 0.3) is 0 Å². The molecule has 2 heterocycles. The van der Waals surface area contributed by atoms with Crippen LogP contribution in [0, 0.1) is 0 Å². The van der Waals surface area contributed by atoms with E-state index in [1.54, 1.807) is 0 Å². The smallest absolute Gasteiger partial charge is 0.324 e. The lowest BCUT2D eigenvalue weighted by Crippen LogP contribution is -2.53. The molecule has 2 aliphatic heterocycles. The zero-order valence-electron chi connectivity index (χ0n) is 13.0. The molecule has 1 aromatic rings. The summed E-state index contributed by atoms with van der Waals surface area (Å²) in [5.74, 6) is 0.0609. The van der Waals surface area contributed by atoms with E-state index in [1.165, 1.54) is 5.56 Å². The van der Waals surface area contributed by atoms with Gasteiger partial charge in [0.05, 0.1) is 0 Å². The Morgan fingerprint density at radius 3 is 2.91 bits per heavy atom. The summed E-state index contributed by atoms with van der Waals surface area (Å²) in [4.78, 5) is 28.1. The number of fused-ring (bicyclic) bond motifs is 1. The second-order valence-electron chi connectivity index (χ2n) is 6.02. The van der Waals surface area contributed by atoms with Gasteiger partial charge in [-0.3, -0.25) is 9.69 Å². The number of urea groups is 1. The van der Waals surface area contributed by atoms with Crippen molar-refractivity contribution in [2.45, 2.75) is 38.6 Å². The molecular weight excluding hydrogens is 278 g/mol. The molecule has 1 saturated heterocycles. The van der Waals surface area contributed by atoms with E-state index in [-0.39, 0.29) is 18.0 Å². The van der Waals surface area contributed by atoms with Crippen LogP contribution in [0.4, 0.5) is 10.5 Å². The average molecular weight is 301 g/mol. The zero-order chi connectivity index (χ0) is 15.5. The molecular formula is C17H23N3O2. The first-order valence-electron chi connectivity index (χ1n) is 8.12. The van der Waals surface area contributed by atoms with Crippen molar-refractivity contribution in [3.05, 3.63) is 29.8 Å². The number of rotatable bonds is 2. The van der Waals surface area contributed by atoms with Crippen LogP contribution in [0.1, 0.15) is 31.7 Å². The molecule has 3 rings (SSSR count). The molecule has 3 amide bonds. The highest BCUT2D eigenvalue weighted by atomic mass is 16.2. The summed E-state index contributed by atoms with van der Waals surface area (Å²) in [6.07, 6.45) is 3.30. The fourth-order valence-electron chi connectivity index (χ4n) is 3.31. The molecule has 0 aliphatic carbocycles. The van der Waals surface area contributed by atoms with Gasteiger partial charge in [-0.2, -0.15) is 0 Å². The topological polar surface area (TPSA) is 52.7 Å². The lowest BCUT2D eigenvalue weighted by molar-refractivity contribution is -0.121. The van der Waals surface area contributed by atoms with E-state index >= 15 is 0 Å². The summed E-state index contributed by atoms with van der Waals surface area (Å²) in [5, 5.41) is 3.01. The Kier molecular flexibility index (Phi) is 4.32. The van der Waals surface area contributed by atoms with E-state index in [1.807, 2.05) is 34.9 Å². The molecule has 1 aromatic carbocycles. The first kappa shape index (κ1) is 14.9. The van der Waals surface area contributed by atoms with Gasteiger partial charge in [0.15, 0.2) is 0 Å². The Balaban J connectivity index is 1.66. The number of anilines is 1. The molecule has 22 heavy (non-hydrogen) atoms. The largest absolute Gasteiger partial charge is 0.352 e. The molecule has 0 aromatic heterocycles. The SMILES string of the molecule is CCC(=O)N[C@H]1CCCN(C(=O)N2CCc3ccccc32)C1. The average Bonchev–Trinajstić information content (AvgIpc) is 2.98. The van der Waals surface area contributed by atoms with Gasteiger partial charge in [0.1, 0.15) is 0 Å². The summed E-state index contributed by atoms with van der Waals surface area (Å²) in [5.41, 5.74) is 2.27. The first-order valence-corrected chi connectivity index (χ1v) is 8.12. The predicted octanol–water partition coefficient (Wildman–Crippen LogP) is 2.16. The first-order chi connectivity index (χ1) is 10.7. The quantitative estimate of drug-likeness (QED) is 0.910. The molecule has 1 N–H and O–H groups in total. The lowest BCUT2D eigenvalue weighted by Gasteiger charge is -2.35. The van der Waals surface area contributed by atoms with E-state index in [9.17, 15) is 9.59 Å². The highest BCUT2D eigenvalue weighted by Gasteiger charge is 2.31. The molecule has 0 radical (unpaired) electrons. The van der Waals surface area contributed by atoms with Crippen LogP contribution in [0.25, 0.3) is 0 Å². The van der Waals surface area contributed by atoms with Gasteiger partial charge in [0.2, 0.25) is 5.91 Å². The number of likely N-dealkylation sites (tertiary alicyclic amines) is 1. The van der Waals surface area contributed by atoms with Crippen molar-refractivity contribution in [3.8, 4) is 0 Å². The number of para-hydroxylation sites is 1. The molecule has 0 saturated carbocycles. The number of nitrogens with zero attached hydrogens (tertiary/aromatic N) is 2. The van der Waals surface area contributed by atoms with Gasteiger partial charge in [-0.05, 0) is 30.9 Å². The molecule has 0 unspecified atom stereocenters. The van der Waals surface area contributed by atoms with Crippen LogP contribution in [0.2, 0.25) is 0 Å². The van der Waals surface area contributed by atoms with Crippen molar-refractivity contribution in [3.63, 3.8) is 0 Å². The van der Waals surface area contributed by atoms with Crippen molar-refractivity contribution in [2.75, 3.05) is 24.5 Å². The maximum absolute atomic E-state index is 12.8. The molecule has 2 aliphatic rings. The Labute approximate surface area is 131 Å². The van der Waals surface area contributed by atoms with Crippen LogP contribution in [0.3, 0.4) is 0 Å². The Bertz CT molecular complexity index is 573. The van der Waals surface area contributed by atoms with Crippen LogP contribution < -0.4 is 10.2 Å². The van der Waals surface area contributed by atoms with Crippen molar-refractivity contribution in [2.24, 2.45) is 0 Å². The summed E-state index contributed by atoms with van der Waals surface area (Å²) < 4.78 is 0. The van der Waals surface area contributed by atoms with Gasteiger partial charge < -0.3 is 10.2 Å². The van der Waals surface area contributed by atoms with Gasteiger partial charge in [-0.25, -0.2) is 4.79 Å². The number of hydrogen-bond acceptors (Lipinski definition) is 2. The van der Waals surface area contributed by atoms with E-state index < -0.39 is 0 Å². The number of carbonyl (C=O) groups is 2. The number of piperidine rings is 1. The Morgan fingerprint density at radius 2 is 2.09 bits per heavy atom. The fourth-order valence-corrected chi connectivity index (χ4v) is 3.31. The summed E-state index contributed by atoms with van der Waals surface area (Å²) in [7, 11) is 0. The predicted molar refractivity (Wildman–Crippen MR) is 85.9 cm³/mol. The molecule has 5 nitrogen and oxygen atoms in total. The zero-order valence-corrected chi connectivity index (χ0v) is 13.0. The third kappa shape index (κ3) is 2.93. The van der Waals surface area contributed by atoms with Crippen LogP contribution in [-0.2, 0) is 11.2 Å². The standard InChI is InChI=1S/C17H23N3O2/c1-2-16(21)18-14-7-5-10-19(12-14)17(22)20-11-9-13-6-3-4-8-15(13)20/h3-4,6,8,14H,2,5,7,9-12H2,1H3,(H,18,21)/t14-/m0/s1. The maximum atomic E-state index is 12.8. The highest BCUT2D eigenvalue weighted by molar-refractivity contribution is 5.94. The monoisotopic (exact) mass is 301 g/mol.